The molecular formula is C24H19N3O3. The SMILES string of the molecule is O=C(C=Cc1ccccc1)c1ccc(NC(=O)C2CC(c3cccnc3)=NO2)cc1. The molecule has 1 aliphatic rings. The Labute approximate surface area is 173 Å². The van der Waals surface area contributed by atoms with Crippen LogP contribution in [0.15, 0.2) is 90.4 Å². The first-order valence-electron chi connectivity index (χ1n) is 9.50. The van der Waals surface area contributed by atoms with Crippen molar-refractivity contribution in [3.05, 3.63) is 102 Å². The number of aromatic nitrogens is 1. The molecule has 1 aromatic heterocycles. The number of hydrogen-bond donors (Lipinski definition) is 1. The van der Waals surface area contributed by atoms with Crippen molar-refractivity contribution in [2.75, 3.05) is 5.32 Å². The molecule has 0 radical (unpaired) electrons. The van der Waals surface area contributed by atoms with Crippen LogP contribution < -0.4 is 5.32 Å². The van der Waals surface area contributed by atoms with E-state index in [-0.39, 0.29) is 11.7 Å². The average Bonchev–Trinajstić information content (AvgIpc) is 3.30. The first-order chi connectivity index (χ1) is 14.7. The third-order valence-electron chi connectivity index (χ3n) is 4.62. The van der Waals surface area contributed by atoms with E-state index < -0.39 is 6.10 Å². The van der Waals surface area contributed by atoms with E-state index in [9.17, 15) is 9.59 Å². The second-order valence-corrected chi connectivity index (χ2v) is 6.75. The smallest absolute Gasteiger partial charge is 0.268 e. The summed E-state index contributed by atoms with van der Waals surface area (Å²) in [5, 5.41) is 6.79. The fourth-order valence-corrected chi connectivity index (χ4v) is 2.99. The van der Waals surface area contributed by atoms with Crippen LogP contribution in [0.2, 0.25) is 0 Å². The highest BCUT2D eigenvalue weighted by atomic mass is 16.6. The van der Waals surface area contributed by atoms with Crippen molar-refractivity contribution in [3.63, 3.8) is 0 Å². The van der Waals surface area contributed by atoms with Crippen molar-refractivity contribution < 1.29 is 14.4 Å². The van der Waals surface area contributed by atoms with Crippen LogP contribution in [0, 0.1) is 0 Å². The van der Waals surface area contributed by atoms with Gasteiger partial charge in [-0.2, -0.15) is 0 Å². The van der Waals surface area contributed by atoms with Gasteiger partial charge in [0, 0.05) is 35.6 Å². The number of ketones is 1. The van der Waals surface area contributed by atoms with Gasteiger partial charge < -0.3 is 10.2 Å². The topological polar surface area (TPSA) is 80.7 Å². The zero-order valence-corrected chi connectivity index (χ0v) is 16.1. The minimum absolute atomic E-state index is 0.106. The van der Waals surface area contributed by atoms with Crippen LogP contribution in [0.1, 0.15) is 27.9 Å². The van der Waals surface area contributed by atoms with Gasteiger partial charge in [-0.3, -0.25) is 14.6 Å². The number of carbonyl (C=O) groups is 2. The first-order valence-corrected chi connectivity index (χ1v) is 9.50. The summed E-state index contributed by atoms with van der Waals surface area (Å²) in [4.78, 5) is 34.1. The van der Waals surface area contributed by atoms with Gasteiger partial charge in [0.2, 0.25) is 6.10 Å². The third kappa shape index (κ3) is 4.67. The molecule has 0 aliphatic carbocycles. The number of rotatable bonds is 6. The minimum Gasteiger partial charge on any atom is -0.382 e. The van der Waals surface area contributed by atoms with Gasteiger partial charge in [-0.05, 0) is 48.0 Å². The van der Waals surface area contributed by atoms with Crippen LogP contribution in [-0.4, -0.2) is 28.5 Å². The van der Waals surface area contributed by atoms with Crippen LogP contribution >= 0.6 is 0 Å². The molecule has 0 saturated carbocycles. The summed E-state index contributed by atoms with van der Waals surface area (Å²) in [6.07, 6.45) is 6.34. The summed E-state index contributed by atoms with van der Waals surface area (Å²) in [6.45, 7) is 0. The molecule has 30 heavy (non-hydrogen) atoms. The molecule has 6 heteroatoms. The Bertz CT molecular complexity index is 1090. The molecule has 1 atom stereocenters. The van der Waals surface area contributed by atoms with Crippen molar-refractivity contribution in [1.82, 2.24) is 4.98 Å². The van der Waals surface area contributed by atoms with Crippen LogP contribution in [-0.2, 0) is 9.63 Å². The Morgan fingerprint density at radius 3 is 2.53 bits per heavy atom. The Morgan fingerprint density at radius 2 is 1.80 bits per heavy atom. The molecule has 1 amide bonds. The van der Waals surface area contributed by atoms with Crippen molar-refractivity contribution in [2.45, 2.75) is 12.5 Å². The Kier molecular flexibility index (Phi) is 5.75. The average molecular weight is 397 g/mol. The van der Waals surface area contributed by atoms with E-state index in [1.807, 2.05) is 42.5 Å². The standard InChI is InChI=1S/C24H19N3O3/c28-22(13-8-17-5-2-1-3-6-17)18-9-11-20(12-10-18)26-24(29)23-15-21(27-30-23)19-7-4-14-25-16-19/h1-14,16,23H,15H2,(H,26,29). The van der Waals surface area contributed by atoms with Crippen molar-refractivity contribution in [2.24, 2.45) is 5.16 Å². The zero-order chi connectivity index (χ0) is 20.8. The number of amides is 1. The Hall–Kier alpha value is -4.06. The number of anilines is 1. The number of nitrogens with one attached hydrogen (secondary N) is 1. The van der Waals surface area contributed by atoms with Crippen molar-refractivity contribution in [3.8, 4) is 0 Å². The van der Waals surface area contributed by atoms with Crippen LogP contribution in [0.25, 0.3) is 6.08 Å². The largest absolute Gasteiger partial charge is 0.382 e. The van der Waals surface area contributed by atoms with E-state index in [1.54, 1.807) is 42.7 Å². The van der Waals surface area contributed by atoms with E-state index in [0.29, 0.717) is 23.4 Å². The predicted octanol–water partition coefficient (Wildman–Crippen LogP) is 4.11. The van der Waals surface area contributed by atoms with Gasteiger partial charge in [-0.25, -0.2) is 0 Å². The lowest BCUT2D eigenvalue weighted by Gasteiger charge is -2.09. The maximum absolute atomic E-state index is 12.5. The highest BCUT2D eigenvalue weighted by molar-refractivity contribution is 6.08. The summed E-state index contributed by atoms with van der Waals surface area (Å²) >= 11 is 0. The molecule has 1 N–H and O–H groups in total. The molecule has 0 bridgehead atoms. The van der Waals surface area contributed by atoms with Crippen LogP contribution in [0.4, 0.5) is 5.69 Å². The van der Waals surface area contributed by atoms with E-state index in [1.165, 1.54) is 6.08 Å². The fourth-order valence-electron chi connectivity index (χ4n) is 2.99. The number of carbonyl (C=O) groups excluding carboxylic acids is 2. The second-order valence-electron chi connectivity index (χ2n) is 6.75. The lowest BCUT2D eigenvalue weighted by atomic mass is 10.1. The van der Waals surface area contributed by atoms with E-state index in [2.05, 4.69) is 15.5 Å². The van der Waals surface area contributed by atoms with Crippen LogP contribution in [0.5, 0.6) is 0 Å². The lowest BCUT2D eigenvalue weighted by molar-refractivity contribution is -0.125. The maximum atomic E-state index is 12.5. The molecule has 2 aromatic carbocycles. The molecule has 6 nitrogen and oxygen atoms in total. The lowest BCUT2D eigenvalue weighted by Crippen LogP contribution is -2.28. The Balaban J connectivity index is 1.33. The fraction of sp³-hybridized carbons (Fsp3) is 0.0833. The maximum Gasteiger partial charge on any atom is 0.268 e. The zero-order valence-electron chi connectivity index (χ0n) is 16.1. The molecule has 0 fully saturated rings. The summed E-state index contributed by atoms with van der Waals surface area (Å²) < 4.78 is 0. The normalized spacial score (nSPS) is 15.5. The molecule has 3 aromatic rings. The number of nitrogens with zero attached hydrogens (tertiary/aromatic N) is 2. The molecule has 148 valence electrons. The quantitative estimate of drug-likeness (QED) is 0.501. The highest BCUT2D eigenvalue weighted by Gasteiger charge is 2.29. The van der Waals surface area contributed by atoms with Crippen molar-refractivity contribution >= 4 is 29.2 Å². The number of allylic oxidation sites excluding steroid dienone is 1. The first kappa shape index (κ1) is 19.3. The number of hydrogen-bond acceptors (Lipinski definition) is 5. The minimum atomic E-state index is -0.699. The summed E-state index contributed by atoms with van der Waals surface area (Å²) in [7, 11) is 0. The molecule has 1 unspecified atom stereocenters. The van der Waals surface area contributed by atoms with E-state index in [0.717, 1.165) is 11.1 Å². The van der Waals surface area contributed by atoms with Crippen molar-refractivity contribution in [1.29, 1.82) is 0 Å². The number of benzene rings is 2. The third-order valence-corrected chi connectivity index (χ3v) is 4.62. The van der Waals surface area contributed by atoms with E-state index >= 15 is 0 Å². The van der Waals surface area contributed by atoms with Gasteiger partial charge in [0.15, 0.2) is 5.78 Å². The van der Waals surface area contributed by atoms with Crippen LogP contribution in [0.3, 0.4) is 0 Å². The highest BCUT2D eigenvalue weighted by Crippen LogP contribution is 2.18. The van der Waals surface area contributed by atoms with Gasteiger partial charge in [-0.1, -0.05) is 41.6 Å². The molecule has 0 spiro atoms. The summed E-state index contributed by atoms with van der Waals surface area (Å²) in [5.74, 6) is -0.397. The predicted molar refractivity (Wildman–Crippen MR) is 115 cm³/mol. The summed E-state index contributed by atoms with van der Waals surface area (Å²) in [5.41, 5.74) is 3.61. The van der Waals surface area contributed by atoms with Gasteiger partial charge in [0.25, 0.3) is 5.91 Å². The van der Waals surface area contributed by atoms with Gasteiger partial charge in [-0.15, -0.1) is 0 Å². The molecule has 0 saturated heterocycles. The molecule has 1 aliphatic heterocycles. The van der Waals surface area contributed by atoms with E-state index in [4.69, 9.17) is 4.84 Å². The monoisotopic (exact) mass is 397 g/mol. The second kappa shape index (κ2) is 8.96. The number of pyridine rings is 1. The molecular weight excluding hydrogens is 378 g/mol. The molecule has 4 rings (SSSR count). The molecule has 2 heterocycles. The number of oxime groups is 1. The van der Waals surface area contributed by atoms with Gasteiger partial charge >= 0.3 is 0 Å². The Morgan fingerprint density at radius 1 is 1.00 bits per heavy atom. The summed E-state index contributed by atoms with van der Waals surface area (Å²) in [6, 6.07) is 20.0. The van der Waals surface area contributed by atoms with Gasteiger partial charge in [0.1, 0.15) is 0 Å². The van der Waals surface area contributed by atoms with Gasteiger partial charge in [0.05, 0.1) is 5.71 Å².